The third-order valence-corrected chi connectivity index (χ3v) is 3.42. The Morgan fingerprint density at radius 2 is 2.31 bits per heavy atom. The summed E-state index contributed by atoms with van der Waals surface area (Å²) < 4.78 is 12.9. The van der Waals surface area contributed by atoms with Crippen LogP contribution in [0.5, 0.6) is 0 Å². The van der Waals surface area contributed by atoms with Gasteiger partial charge in [0, 0.05) is 17.5 Å². The molecule has 0 aliphatic carbocycles. The van der Waals surface area contributed by atoms with E-state index in [0.29, 0.717) is 11.4 Å². The van der Waals surface area contributed by atoms with Crippen molar-refractivity contribution < 1.29 is 9.50 Å². The van der Waals surface area contributed by atoms with E-state index in [1.807, 2.05) is 0 Å². The fraction of sp³-hybridized carbons (Fsp3) is 0.500. The number of nitrogens with one attached hydrogen (secondary N) is 1. The standard InChI is InChI=1S/C12H15ClFNO/c13-11-6-10(14)2-1-8(11)5-9-7-15-4-3-12(9)16/h1-2,6,9,12,15-16H,3-5,7H2. The Kier molecular flexibility index (Phi) is 3.79. The smallest absolute Gasteiger partial charge is 0.124 e. The van der Waals surface area contributed by atoms with Gasteiger partial charge in [-0.15, -0.1) is 0 Å². The van der Waals surface area contributed by atoms with Crippen LogP contribution >= 0.6 is 11.6 Å². The molecule has 2 nitrogen and oxygen atoms in total. The Hall–Kier alpha value is -0.640. The van der Waals surface area contributed by atoms with Crippen LogP contribution in [-0.4, -0.2) is 24.3 Å². The molecule has 4 heteroatoms. The van der Waals surface area contributed by atoms with Gasteiger partial charge >= 0.3 is 0 Å². The largest absolute Gasteiger partial charge is 0.393 e. The van der Waals surface area contributed by atoms with Crippen molar-refractivity contribution in [2.75, 3.05) is 13.1 Å². The van der Waals surface area contributed by atoms with E-state index in [1.54, 1.807) is 6.07 Å². The van der Waals surface area contributed by atoms with E-state index in [-0.39, 0.29) is 17.8 Å². The molecule has 2 atom stereocenters. The maximum absolute atomic E-state index is 12.9. The van der Waals surface area contributed by atoms with E-state index in [0.717, 1.165) is 25.1 Å². The number of benzene rings is 1. The van der Waals surface area contributed by atoms with Gasteiger partial charge in [-0.05, 0) is 37.1 Å². The molecule has 0 saturated carbocycles. The molecule has 1 aliphatic heterocycles. The van der Waals surface area contributed by atoms with Gasteiger partial charge in [0.2, 0.25) is 0 Å². The summed E-state index contributed by atoms with van der Waals surface area (Å²) >= 11 is 5.95. The molecule has 1 saturated heterocycles. The van der Waals surface area contributed by atoms with E-state index in [1.165, 1.54) is 12.1 Å². The van der Waals surface area contributed by atoms with Crippen molar-refractivity contribution in [3.05, 3.63) is 34.6 Å². The maximum atomic E-state index is 12.9. The topological polar surface area (TPSA) is 32.3 Å². The summed E-state index contributed by atoms with van der Waals surface area (Å²) in [5.41, 5.74) is 0.899. The van der Waals surface area contributed by atoms with Gasteiger partial charge in [0.15, 0.2) is 0 Å². The normalized spacial score (nSPS) is 25.7. The molecule has 1 fully saturated rings. The van der Waals surface area contributed by atoms with Gasteiger partial charge in [-0.1, -0.05) is 17.7 Å². The Morgan fingerprint density at radius 3 is 3.00 bits per heavy atom. The van der Waals surface area contributed by atoms with E-state index >= 15 is 0 Å². The highest BCUT2D eigenvalue weighted by molar-refractivity contribution is 6.31. The van der Waals surface area contributed by atoms with Gasteiger partial charge in [0.05, 0.1) is 6.10 Å². The van der Waals surface area contributed by atoms with Crippen LogP contribution in [0.4, 0.5) is 4.39 Å². The van der Waals surface area contributed by atoms with Crippen molar-refractivity contribution in [3.63, 3.8) is 0 Å². The molecule has 1 aromatic carbocycles. The minimum atomic E-state index is -0.323. The van der Waals surface area contributed by atoms with Crippen molar-refractivity contribution in [2.45, 2.75) is 18.9 Å². The van der Waals surface area contributed by atoms with Crippen LogP contribution in [0, 0.1) is 11.7 Å². The van der Waals surface area contributed by atoms with E-state index in [9.17, 15) is 9.50 Å². The average Bonchev–Trinajstić information content (AvgIpc) is 2.25. The molecule has 2 rings (SSSR count). The number of hydrogen-bond acceptors (Lipinski definition) is 2. The predicted octanol–water partition coefficient (Wildman–Crippen LogP) is 1.99. The molecular formula is C12H15ClFNO. The van der Waals surface area contributed by atoms with Gasteiger partial charge in [-0.25, -0.2) is 4.39 Å². The second kappa shape index (κ2) is 5.13. The molecule has 0 amide bonds. The van der Waals surface area contributed by atoms with Crippen molar-refractivity contribution >= 4 is 11.6 Å². The lowest BCUT2D eigenvalue weighted by atomic mass is 9.90. The van der Waals surface area contributed by atoms with Crippen molar-refractivity contribution in [1.29, 1.82) is 0 Å². The zero-order valence-electron chi connectivity index (χ0n) is 8.92. The summed E-state index contributed by atoms with van der Waals surface area (Å²) in [6.45, 7) is 1.64. The zero-order valence-corrected chi connectivity index (χ0v) is 9.67. The van der Waals surface area contributed by atoms with Gasteiger partial charge in [0.25, 0.3) is 0 Å². The van der Waals surface area contributed by atoms with Crippen LogP contribution in [-0.2, 0) is 6.42 Å². The lowest BCUT2D eigenvalue weighted by Crippen LogP contribution is -2.40. The Morgan fingerprint density at radius 1 is 1.50 bits per heavy atom. The lowest BCUT2D eigenvalue weighted by Gasteiger charge is -2.28. The highest BCUT2D eigenvalue weighted by Crippen LogP contribution is 2.23. The first-order chi connectivity index (χ1) is 7.66. The lowest BCUT2D eigenvalue weighted by molar-refractivity contribution is 0.0791. The molecule has 1 aliphatic rings. The van der Waals surface area contributed by atoms with Crippen molar-refractivity contribution in [3.8, 4) is 0 Å². The van der Waals surface area contributed by atoms with Gasteiger partial charge < -0.3 is 10.4 Å². The maximum Gasteiger partial charge on any atom is 0.124 e. The molecule has 2 N–H and O–H groups in total. The minimum Gasteiger partial charge on any atom is -0.393 e. The van der Waals surface area contributed by atoms with Crippen LogP contribution in [0.3, 0.4) is 0 Å². The Bertz CT molecular complexity index is 372. The van der Waals surface area contributed by atoms with E-state index < -0.39 is 0 Å². The molecule has 1 heterocycles. The van der Waals surface area contributed by atoms with E-state index in [2.05, 4.69) is 5.32 Å². The van der Waals surface area contributed by atoms with Crippen LogP contribution in [0.2, 0.25) is 5.02 Å². The van der Waals surface area contributed by atoms with Gasteiger partial charge in [-0.3, -0.25) is 0 Å². The number of hydrogen-bond donors (Lipinski definition) is 2. The monoisotopic (exact) mass is 243 g/mol. The molecule has 16 heavy (non-hydrogen) atoms. The third-order valence-electron chi connectivity index (χ3n) is 3.06. The highest BCUT2D eigenvalue weighted by atomic mass is 35.5. The second-order valence-electron chi connectivity index (χ2n) is 4.26. The number of aliphatic hydroxyl groups is 1. The summed E-state index contributed by atoms with van der Waals surface area (Å²) in [5, 5.41) is 13.5. The fourth-order valence-electron chi connectivity index (χ4n) is 2.09. The number of halogens is 2. The molecule has 88 valence electrons. The first-order valence-corrected chi connectivity index (χ1v) is 5.87. The van der Waals surface area contributed by atoms with Crippen molar-refractivity contribution in [1.82, 2.24) is 5.32 Å². The summed E-state index contributed by atoms with van der Waals surface area (Å²) in [7, 11) is 0. The van der Waals surface area contributed by atoms with Crippen molar-refractivity contribution in [2.24, 2.45) is 5.92 Å². The first-order valence-electron chi connectivity index (χ1n) is 5.49. The molecule has 2 unspecified atom stereocenters. The van der Waals surface area contributed by atoms with Crippen LogP contribution in [0.1, 0.15) is 12.0 Å². The summed E-state index contributed by atoms with van der Waals surface area (Å²) in [6, 6.07) is 4.42. The quantitative estimate of drug-likeness (QED) is 0.833. The minimum absolute atomic E-state index is 0.164. The molecule has 0 spiro atoms. The fourth-order valence-corrected chi connectivity index (χ4v) is 2.33. The predicted molar refractivity (Wildman–Crippen MR) is 62.1 cm³/mol. The van der Waals surface area contributed by atoms with E-state index in [4.69, 9.17) is 11.6 Å². The molecule has 0 aromatic heterocycles. The second-order valence-corrected chi connectivity index (χ2v) is 4.67. The molecule has 0 bridgehead atoms. The van der Waals surface area contributed by atoms with Gasteiger partial charge in [0.1, 0.15) is 5.82 Å². The number of rotatable bonds is 2. The third kappa shape index (κ3) is 2.73. The highest BCUT2D eigenvalue weighted by Gasteiger charge is 2.23. The van der Waals surface area contributed by atoms with Crippen LogP contribution in [0.15, 0.2) is 18.2 Å². The molecule has 1 aromatic rings. The summed E-state index contributed by atoms with van der Waals surface area (Å²) in [6.07, 6.45) is 1.17. The SMILES string of the molecule is OC1CCNCC1Cc1ccc(F)cc1Cl. The number of aliphatic hydroxyl groups excluding tert-OH is 1. The first kappa shape index (κ1) is 11.8. The summed E-state index contributed by atoms with van der Waals surface area (Å²) in [4.78, 5) is 0. The van der Waals surface area contributed by atoms with Gasteiger partial charge in [-0.2, -0.15) is 0 Å². The summed E-state index contributed by atoms with van der Waals surface area (Å²) in [5.74, 6) is -0.159. The zero-order chi connectivity index (χ0) is 11.5. The van der Waals surface area contributed by atoms with Crippen LogP contribution < -0.4 is 5.32 Å². The Balaban J connectivity index is 2.07. The average molecular weight is 244 g/mol. The Labute approximate surface area is 99.4 Å². The number of piperidine rings is 1. The molecular weight excluding hydrogens is 229 g/mol. The van der Waals surface area contributed by atoms with Crippen LogP contribution in [0.25, 0.3) is 0 Å². The molecule has 0 radical (unpaired) electrons.